The van der Waals surface area contributed by atoms with Gasteiger partial charge in [-0.1, -0.05) is 60.7 Å². The molecule has 4 nitrogen and oxygen atoms in total. The third kappa shape index (κ3) is 5.08. The van der Waals surface area contributed by atoms with Crippen LogP contribution in [-0.4, -0.2) is 31.6 Å². The average Bonchev–Trinajstić information content (AvgIpc) is 3.38. The van der Waals surface area contributed by atoms with Crippen LogP contribution in [-0.2, 0) is 10.1 Å². The molecule has 0 unspecified atom stereocenters. The van der Waals surface area contributed by atoms with E-state index < -0.39 is 15.6 Å². The van der Waals surface area contributed by atoms with E-state index in [1.807, 2.05) is 0 Å². The molecule has 0 spiro atoms. The lowest BCUT2D eigenvalue weighted by Gasteiger charge is -2.08. The molecule has 0 aliphatic carbocycles. The highest BCUT2D eigenvalue weighted by Gasteiger charge is 2.37. The number of alkyl halides is 3. The highest BCUT2D eigenvalue weighted by Crippen LogP contribution is 2.34. The zero-order valence-corrected chi connectivity index (χ0v) is 16.2. The van der Waals surface area contributed by atoms with Crippen LogP contribution >= 0.6 is 0 Å². The summed E-state index contributed by atoms with van der Waals surface area (Å²) in [4.78, 5) is 0. The zero-order chi connectivity index (χ0) is 20.9. The summed E-state index contributed by atoms with van der Waals surface area (Å²) in [5.41, 5.74) is -0.157. The third-order valence-corrected chi connectivity index (χ3v) is 4.72. The van der Waals surface area contributed by atoms with E-state index in [4.69, 9.17) is 13.0 Å². The van der Waals surface area contributed by atoms with Gasteiger partial charge in [0.25, 0.3) is 0 Å². The fourth-order valence-electron chi connectivity index (χ4n) is 2.81. The molecule has 0 saturated carbocycles. The molecule has 0 atom stereocenters. The number of rotatable bonds is 4. The molecule has 0 amide bonds. The van der Waals surface area contributed by atoms with E-state index in [-0.39, 0.29) is 0 Å². The molecule has 0 bridgehead atoms. The fourth-order valence-corrected chi connectivity index (χ4v) is 2.81. The summed E-state index contributed by atoms with van der Waals surface area (Å²) in [5.74, 6) is 0. The standard InChI is InChI=1S/C19H20N.CHF3O3S/c1-3-20(4-2)19-17(15-11-7-5-8-12-15)18(19)16-13-9-6-10-14-16;2-1(3,4)8(5,6)7/h5-14H,3-4H2,1-2H3;(H,5,6,7)/q+1;/p-1. The molecule has 0 radical (unpaired) electrons. The highest BCUT2D eigenvalue weighted by atomic mass is 32.2. The summed E-state index contributed by atoms with van der Waals surface area (Å²) < 4.78 is 61.4. The molecule has 3 aromatic carbocycles. The molecule has 0 aliphatic rings. The number of benzene rings is 2. The molecule has 150 valence electrons. The summed E-state index contributed by atoms with van der Waals surface area (Å²) in [7, 11) is -6.09. The van der Waals surface area contributed by atoms with Crippen LogP contribution in [0.15, 0.2) is 60.7 Å². The molecule has 0 aliphatic heterocycles. The van der Waals surface area contributed by atoms with Crippen LogP contribution in [0.5, 0.6) is 0 Å². The Bertz CT molecular complexity index is 973. The van der Waals surface area contributed by atoms with Gasteiger partial charge in [0.1, 0.15) is 13.1 Å². The van der Waals surface area contributed by atoms with Gasteiger partial charge in [-0.05, 0) is 25.0 Å². The van der Waals surface area contributed by atoms with Crippen molar-refractivity contribution in [1.82, 2.24) is 4.58 Å². The molecule has 0 saturated heterocycles. The van der Waals surface area contributed by atoms with E-state index >= 15 is 0 Å². The Labute approximate surface area is 162 Å². The smallest absolute Gasteiger partial charge is 0.485 e. The maximum Gasteiger partial charge on any atom is 0.485 e. The van der Waals surface area contributed by atoms with Gasteiger partial charge in [0.05, 0.1) is 11.1 Å². The van der Waals surface area contributed by atoms with Gasteiger partial charge in [-0.15, -0.1) is 0 Å². The van der Waals surface area contributed by atoms with Crippen molar-refractivity contribution in [1.29, 1.82) is 0 Å². The number of hydrogen-bond donors (Lipinski definition) is 0. The van der Waals surface area contributed by atoms with Crippen molar-refractivity contribution < 1.29 is 26.1 Å². The minimum Gasteiger partial charge on any atom is -0.741 e. The molecule has 28 heavy (non-hydrogen) atoms. The predicted molar refractivity (Wildman–Crippen MR) is 102 cm³/mol. The largest absolute Gasteiger partial charge is 0.741 e. The van der Waals surface area contributed by atoms with Gasteiger partial charge in [-0.2, -0.15) is 13.2 Å². The van der Waals surface area contributed by atoms with Crippen molar-refractivity contribution in [2.75, 3.05) is 13.1 Å². The van der Waals surface area contributed by atoms with Crippen LogP contribution in [0, 0.1) is 0 Å². The van der Waals surface area contributed by atoms with E-state index in [1.54, 1.807) is 0 Å². The monoisotopic (exact) mass is 411 g/mol. The van der Waals surface area contributed by atoms with E-state index in [9.17, 15) is 13.2 Å². The topological polar surface area (TPSA) is 60.2 Å². The van der Waals surface area contributed by atoms with Crippen molar-refractivity contribution in [3.05, 3.63) is 66.0 Å². The van der Waals surface area contributed by atoms with Gasteiger partial charge in [0.2, 0.25) is 5.36 Å². The number of hydrogen-bond acceptors (Lipinski definition) is 3. The Balaban J connectivity index is 0.000000300. The van der Waals surface area contributed by atoms with Crippen molar-refractivity contribution in [3.8, 4) is 22.3 Å². The first-order valence-corrected chi connectivity index (χ1v) is 10.0. The Morgan fingerprint density at radius 3 is 1.39 bits per heavy atom. The van der Waals surface area contributed by atoms with Crippen LogP contribution in [0.4, 0.5) is 13.2 Å². The van der Waals surface area contributed by atoms with Crippen molar-refractivity contribution >= 4 is 10.1 Å². The molecule has 8 heteroatoms. The van der Waals surface area contributed by atoms with Crippen LogP contribution in [0.2, 0.25) is 0 Å². The predicted octanol–water partition coefficient (Wildman–Crippen LogP) is 3.76. The first kappa shape index (κ1) is 21.8. The second-order valence-corrected chi connectivity index (χ2v) is 7.27. The SMILES string of the molecule is CC[N+](CC)=c1c(-c2ccccc2)c1-c1ccccc1.O=S(=O)([O-])C(F)(F)F. The highest BCUT2D eigenvalue weighted by molar-refractivity contribution is 7.86. The molecular weight excluding hydrogens is 391 g/mol. The van der Waals surface area contributed by atoms with Crippen molar-refractivity contribution in [2.45, 2.75) is 19.4 Å². The molecule has 0 aromatic heterocycles. The average molecular weight is 411 g/mol. The molecule has 0 fully saturated rings. The Morgan fingerprint density at radius 2 is 1.14 bits per heavy atom. The summed E-state index contributed by atoms with van der Waals surface area (Å²) in [5, 5.41) is 1.42. The zero-order valence-electron chi connectivity index (χ0n) is 15.4. The van der Waals surface area contributed by atoms with E-state index in [0.29, 0.717) is 0 Å². The van der Waals surface area contributed by atoms with Crippen LogP contribution in [0.25, 0.3) is 22.3 Å². The van der Waals surface area contributed by atoms with E-state index in [0.717, 1.165) is 13.1 Å². The second-order valence-electron chi connectivity index (χ2n) is 5.90. The number of nitrogens with zero attached hydrogens (tertiary/aromatic N) is 1. The maximum atomic E-state index is 10.7. The van der Waals surface area contributed by atoms with Gasteiger partial charge in [-0.3, -0.25) is 0 Å². The number of halogens is 3. The van der Waals surface area contributed by atoms with Gasteiger partial charge >= 0.3 is 5.51 Å². The van der Waals surface area contributed by atoms with Gasteiger partial charge in [-0.25, -0.2) is 13.0 Å². The lowest BCUT2D eigenvalue weighted by molar-refractivity contribution is -0.0517. The normalized spacial score (nSPS) is 11.8. The van der Waals surface area contributed by atoms with E-state index in [2.05, 4.69) is 79.1 Å². The minimum absolute atomic E-state index is 1.05. The fraction of sp³-hybridized carbons (Fsp3) is 0.250. The first-order valence-electron chi connectivity index (χ1n) is 8.61. The summed E-state index contributed by atoms with van der Waals surface area (Å²) in [6.45, 7) is 6.55. The summed E-state index contributed by atoms with van der Waals surface area (Å²) in [6, 6.07) is 21.4. The quantitative estimate of drug-likeness (QED) is 0.373. The maximum absolute atomic E-state index is 10.7. The first-order chi connectivity index (χ1) is 13.1. The Hall–Kier alpha value is -2.45. The van der Waals surface area contributed by atoms with Crippen LogP contribution < -0.4 is 9.93 Å². The second kappa shape index (κ2) is 8.70. The Morgan fingerprint density at radius 1 is 0.821 bits per heavy atom. The Kier molecular flexibility index (Phi) is 6.79. The minimum atomic E-state index is -6.09. The van der Waals surface area contributed by atoms with Gasteiger partial charge in [0.15, 0.2) is 10.1 Å². The lowest BCUT2D eigenvalue weighted by atomic mass is 10.1. The summed E-state index contributed by atoms with van der Waals surface area (Å²) >= 11 is 0. The van der Waals surface area contributed by atoms with Crippen molar-refractivity contribution in [3.63, 3.8) is 0 Å². The van der Waals surface area contributed by atoms with Crippen LogP contribution in [0.3, 0.4) is 0 Å². The van der Waals surface area contributed by atoms with E-state index in [1.165, 1.54) is 27.6 Å². The lowest BCUT2D eigenvalue weighted by Crippen LogP contribution is -2.24. The third-order valence-electron chi connectivity index (χ3n) is 4.15. The van der Waals surface area contributed by atoms with Crippen LogP contribution in [0.1, 0.15) is 13.8 Å². The molecule has 0 N–H and O–H groups in total. The molecule has 3 aromatic rings. The summed E-state index contributed by atoms with van der Waals surface area (Å²) in [6.07, 6.45) is 0. The molecule has 3 rings (SSSR count). The van der Waals surface area contributed by atoms with Gasteiger partial charge in [0, 0.05) is 0 Å². The molecular formula is C20H20F3NO3S. The van der Waals surface area contributed by atoms with Gasteiger partial charge < -0.3 is 4.55 Å². The van der Waals surface area contributed by atoms with Crippen molar-refractivity contribution in [2.24, 2.45) is 0 Å². The molecule has 0 heterocycles.